The lowest BCUT2D eigenvalue weighted by atomic mass is 10.2. The minimum Gasteiger partial charge on any atom is -0.507 e. The van der Waals surface area contributed by atoms with Gasteiger partial charge in [-0.05, 0) is 25.0 Å². The lowest BCUT2D eigenvalue weighted by Crippen LogP contribution is -2.36. The minimum absolute atomic E-state index is 0.0599. The molecule has 1 aromatic carbocycles. The van der Waals surface area contributed by atoms with Gasteiger partial charge in [0, 0.05) is 19.2 Å². The van der Waals surface area contributed by atoms with Gasteiger partial charge in [0.25, 0.3) is 5.91 Å². The third kappa shape index (κ3) is 4.47. The molecule has 20 heavy (non-hydrogen) atoms. The highest BCUT2D eigenvalue weighted by molar-refractivity contribution is 5.77. The first kappa shape index (κ1) is 15.8. The Kier molecular flexibility index (Phi) is 6.38. The molecule has 0 radical (unpaired) electrons. The molecule has 1 amide bonds. The Labute approximate surface area is 119 Å². The van der Waals surface area contributed by atoms with Crippen LogP contribution in [0.25, 0.3) is 0 Å². The van der Waals surface area contributed by atoms with Crippen LogP contribution in [-0.2, 0) is 4.79 Å². The molecule has 0 aliphatic heterocycles. The third-order valence-corrected chi connectivity index (χ3v) is 2.79. The first-order chi connectivity index (χ1) is 9.62. The number of amides is 1. The maximum absolute atomic E-state index is 12.0. The highest BCUT2D eigenvalue weighted by Gasteiger charge is 2.12. The van der Waals surface area contributed by atoms with Crippen molar-refractivity contribution in [3.63, 3.8) is 0 Å². The average molecular weight is 276 g/mol. The number of rotatable bonds is 7. The van der Waals surface area contributed by atoms with Crippen LogP contribution >= 0.6 is 0 Å². The molecule has 0 heterocycles. The van der Waals surface area contributed by atoms with Crippen LogP contribution in [0.4, 0.5) is 0 Å². The van der Waals surface area contributed by atoms with E-state index in [1.807, 2.05) is 19.9 Å². The predicted molar refractivity (Wildman–Crippen MR) is 75.5 cm³/mol. The zero-order valence-electron chi connectivity index (χ0n) is 11.9. The van der Waals surface area contributed by atoms with Crippen molar-refractivity contribution in [2.24, 2.45) is 0 Å². The van der Waals surface area contributed by atoms with Crippen molar-refractivity contribution in [3.8, 4) is 17.6 Å². The number of phenols is 1. The summed E-state index contributed by atoms with van der Waals surface area (Å²) in [5.74, 6) is 0.241. The van der Waals surface area contributed by atoms with E-state index < -0.39 is 0 Å². The van der Waals surface area contributed by atoms with Crippen LogP contribution in [0.5, 0.6) is 11.5 Å². The number of nitrogens with zero attached hydrogens (tertiary/aromatic N) is 2. The number of aromatic hydroxyl groups is 1. The van der Waals surface area contributed by atoms with Crippen molar-refractivity contribution in [2.75, 3.05) is 19.7 Å². The fourth-order valence-electron chi connectivity index (χ4n) is 1.83. The number of phenolic OH excluding ortho intramolecular Hbond substituents is 1. The number of benzene rings is 1. The summed E-state index contributed by atoms with van der Waals surface area (Å²) in [6.07, 6.45) is 1.81. The van der Waals surface area contributed by atoms with Gasteiger partial charge in [0.2, 0.25) is 0 Å². The second-order valence-corrected chi connectivity index (χ2v) is 4.46. The first-order valence-electron chi connectivity index (χ1n) is 6.76. The molecule has 0 fully saturated rings. The van der Waals surface area contributed by atoms with Crippen LogP contribution in [0.3, 0.4) is 0 Å². The number of hydrogen-bond acceptors (Lipinski definition) is 4. The summed E-state index contributed by atoms with van der Waals surface area (Å²) in [7, 11) is 0. The van der Waals surface area contributed by atoms with Gasteiger partial charge in [-0.2, -0.15) is 5.26 Å². The van der Waals surface area contributed by atoms with Crippen LogP contribution in [0, 0.1) is 11.3 Å². The van der Waals surface area contributed by atoms with Crippen molar-refractivity contribution < 1.29 is 14.6 Å². The number of nitriles is 1. The monoisotopic (exact) mass is 276 g/mol. The Hall–Kier alpha value is -2.22. The van der Waals surface area contributed by atoms with Crippen molar-refractivity contribution in [3.05, 3.63) is 23.8 Å². The van der Waals surface area contributed by atoms with Gasteiger partial charge in [0.05, 0.1) is 5.56 Å². The van der Waals surface area contributed by atoms with E-state index in [2.05, 4.69) is 0 Å². The third-order valence-electron chi connectivity index (χ3n) is 2.79. The number of carbonyl (C=O) groups is 1. The molecule has 1 aromatic rings. The van der Waals surface area contributed by atoms with Crippen LogP contribution in [-0.4, -0.2) is 35.6 Å². The molecular weight excluding hydrogens is 256 g/mol. The molecule has 0 saturated carbocycles. The highest BCUT2D eigenvalue weighted by Crippen LogP contribution is 2.22. The Bertz CT molecular complexity index is 488. The number of ether oxygens (including phenoxy) is 1. The van der Waals surface area contributed by atoms with Crippen LogP contribution in [0.2, 0.25) is 0 Å². The Morgan fingerprint density at radius 2 is 2.00 bits per heavy atom. The standard InChI is InChI=1S/C15H20N2O3/c1-3-7-17(8-4-2)15(19)11-20-13-5-6-14(18)12(9-13)10-16/h5-6,9,18H,3-4,7-8,11H2,1-2H3. The Balaban J connectivity index is 2.62. The van der Waals surface area contributed by atoms with Crippen LogP contribution < -0.4 is 4.74 Å². The van der Waals surface area contributed by atoms with Gasteiger partial charge >= 0.3 is 0 Å². The molecule has 108 valence electrons. The van der Waals surface area contributed by atoms with Crippen molar-refractivity contribution >= 4 is 5.91 Å². The highest BCUT2D eigenvalue weighted by atomic mass is 16.5. The fourth-order valence-corrected chi connectivity index (χ4v) is 1.83. The van der Waals surface area contributed by atoms with E-state index in [0.717, 1.165) is 25.9 Å². The van der Waals surface area contributed by atoms with Gasteiger partial charge in [-0.25, -0.2) is 0 Å². The average Bonchev–Trinajstić information content (AvgIpc) is 2.45. The zero-order chi connectivity index (χ0) is 15.0. The molecule has 0 saturated heterocycles. The fraction of sp³-hybridized carbons (Fsp3) is 0.467. The van der Waals surface area contributed by atoms with Crippen molar-refractivity contribution in [2.45, 2.75) is 26.7 Å². The van der Waals surface area contributed by atoms with Gasteiger partial charge in [-0.15, -0.1) is 0 Å². The van der Waals surface area contributed by atoms with Gasteiger partial charge in [0.1, 0.15) is 17.6 Å². The van der Waals surface area contributed by atoms with E-state index in [4.69, 9.17) is 10.00 Å². The summed E-state index contributed by atoms with van der Waals surface area (Å²) in [5, 5.41) is 18.2. The van der Waals surface area contributed by atoms with Crippen molar-refractivity contribution in [1.29, 1.82) is 5.26 Å². The second-order valence-electron chi connectivity index (χ2n) is 4.46. The van der Waals surface area contributed by atoms with E-state index in [1.54, 1.807) is 4.90 Å². The molecule has 0 aliphatic carbocycles. The summed E-state index contributed by atoms with van der Waals surface area (Å²) in [6.45, 7) is 5.42. The molecule has 5 heteroatoms. The van der Waals surface area contributed by atoms with Crippen LogP contribution in [0.1, 0.15) is 32.3 Å². The van der Waals surface area contributed by atoms with E-state index >= 15 is 0 Å². The summed E-state index contributed by atoms with van der Waals surface area (Å²) in [5.41, 5.74) is 0.133. The maximum atomic E-state index is 12.0. The Morgan fingerprint density at radius 3 is 2.55 bits per heavy atom. The van der Waals surface area contributed by atoms with E-state index in [1.165, 1.54) is 18.2 Å². The zero-order valence-corrected chi connectivity index (χ0v) is 11.9. The van der Waals surface area contributed by atoms with Gasteiger partial charge < -0.3 is 14.7 Å². The molecule has 0 bridgehead atoms. The predicted octanol–water partition coefficient (Wildman–Crippen LogP) is 2.29. The smallest absolute Gasteiger partial charge is 0.260 e. The van der Waals surface area contributed by atoms with Gasteiger partial charge in [0.15, 0.2) is 6.61 Å². The summed E-state index contributed by atoms with van der Waals surface area (Å²) < 4.78 is 5.39. The molecule has 0 aliphatic rings. The normalized spacial score (nSPS) is 9.85. The van der Waals surface area contributed by atoms with E-state index in [0.29, 0.717) is 5.75 Å². The molecule has 0 aromatic heterocycles. The summed E-state index contributed by atoms with van der Waals surface area (Å²) in [6, 6.07) is 6.20. The van der Waals surface area contributed by atoms with Crippen LogP contribution in [0.15, 0.2) is 18.2 Å². The molecule has 1 N–H and O–H groups in total. The van der Waals surface area contributed by atoms with Gasteiger partial charge in [-0.3, -0.25) is 4.79 Å². The molecule has 0 spiro atoms. The quantitative estimate of drug-likeness (QED) is 0.829. The summed E-state index contributed by atoms with van der Waals surface area (Å²) in [4.78, 5) is 13.8. The Morgan fingerprint density at radius 1 is 1.35 bits per heavy atom. The topological polar surface area (TPSA) is 73.6 Å². The van der Waals surface area contributed by atoms with Gasteiger partial charge in [-0.1, -0.05) is 13.8 Å². The SMILES string of the molecule is CCCN(CCC)C(=O)COc1ccc(O)c(C#N)c1. The van der Waals surface area contributed by atoms with E-state index in [-0.39, 0.29) is 23.8 Å². The summed E-state index contributed by atoms with van der Waals surface area (Å²) >= 11 is 0. The molecular formula is C15H20N2O3. The molecule has 1 rings (SSSR count). The molecule has 5 nitrogen and oxygen atoms in total. The van der Waals surface area contributed by atoms with Crippen molar-refractivity contribution in [1.82, 2.24) is 4.90 Å². The van der Waals surface area contributed by atoms with E-state index in [9.17, 15) is 9.90 Å². The first-order valence-corrected chi connectivity index (χ1v) is 6.76. The lowest BCUT2D eigenvalue weighted by molar-refractivity contribution is -0.133. The number of hydrogen-bond donors (Lipinski definition) is 1. The number of carbonyl (C=O) groups excluding carboxylic acids is 1. The second kappa shape index (κ2) is 8.05. The molecule has 0 atom stereocenters. The molecule has 0 unspecified atom stereocenters. The minimum atomic E-state index is -0.0928. The lowest BCUT2D eigenvalue weighted by Gasteiger charge is -2.21. The largest absolute Gasteiger partial charge is 0.507 e. The maximum Gasteiger partial charge on any atom is 0.260 e.